The minimum atomic E-state index is -0.262. The van der Waals surface area contributed by atoms with E-state index in [0.717, 1.165) is 4.68 Å². The minimum absolute atomic E-state index is 0.242. The standard InChI is InChI=1S/C13H9N3O2S/c17-12-10-5-1-2-6-11(10)15-13(19)16(12)14-8-9-4-3-7-18-9/h1-8H,(H,15,19)/b14-8+. The number of aromatic nitrogens is 2. The number of fused-ring (bicyclic) bond motifs is 1. The number of benzene rings is 1. The molecule has 0 atom stereocenters. The molecule has 0 spiro atoms. The second-order valence-electron chi connectivity index (χ2n) is 3.85. The molecule has 6 heteroatoms. The second kappa shape index (κ2) is 4.66. The van der Waals surface area contributed by atoms with Gasteiger partial charge in [0.05, 0.1) is 23.4 Å². The highest BCUT2D eigenvalue weighted by Crippen LogP contribution is 2.05. The molecule has 0 aliphatic rings. The van der Waals surface area contributed by atoms with Crippen molar-refractivity contribution < 1.29 is 4.42 Å². The number of hydrogen-bond acceptors (Lipinski definition) is 4. The molecule has 2 aromatic heterocycles. The Bertz CT molecular complexity index is 859. The molecule has 1 aromatic carbocycles. The molecule has 0 aliphatic carbocycles. The van der Waals surface area contributed by atoms with Gasteiger partial charge in [0.15, 0.2) is 0 Å². The summed E-state index contributed by atoms with van der Waals surface area (Å²) in [6, 6.07) is 10.6. The van der Waals surface area contributed by atoms with Crippen LogP contribution in [-0.2, 0) is 0 Å². The zero-order chi connectivity index (χ0) is 13.2. The van der Waals surface area contributed by atoms with Gasteiger partial charge in [0, 0.05) is 0 Å². The quantitative estimate of drug-likeness (QED) is 0.575. The third kappa shape index (κ3) is 2.13. The molecule has 5 nitrogen and oxygen atoms in total. The van der Waals surface area contributed by atoms with Crippen molar-refractivity contribution in [3.63, 3.8) is 0 Å². The molecular weight excluding hydrogens is 262 g/mol. The van der Waals surface area contributed by atoms with Crippen molar-refractivity contribution in [1.29, 1.82) is 0 Å². The Morgan fingerprint density at radius 3 is 2.89 bits per heavy atom. The van der Waals surface area contributed by atoms with Gasteiger partial charge in [-0.25, -0.2) is 0 Å². The van der Waals surface area contributed by atoms with Crippen LogP contribution in [0.5, 0.6) is 0 Å². The topological polar surface area (TPSA) is 63.3 Å². The van der Waals surface area contributed by atoms with Crippen LogP contribution in [0.3, 0.4) is 0 Å². The molecule has 3 aromatic rings. The lowest BCUT2D eigenvalue weighted by atomic mass is 10.2. The first kappa shape index (κ1) is 11.6. The van der Waals surface area contributed by atoms with Gasteiger partial charge in [-0.15, -0.1) is 0 Å². The summed E-state index contributed by atoms with van der Waals surface area (Å²) >= 11 is 5.12. The highest BCUT2D eigenvalue weighted by Gasteiger charge is 2.03. The molecule has 0 fully saturated rings. The van der Waals surface area contributed by atoms with Gasteiger partial charge >= 0.3 is 0 Å². The predicted molar refractivity (Wildman–Crippen MR) is 75.1 cm³/mol. The summed E-state index contributed by atoms with van der Waals surface area (Å²) in [5.74, 6) is 0.550. The maximum Gasteiger partial charge on any atom is 0.282 e. The summed E-state index contributed by atoms with van der Waals surface area (Å²) in [6.45, 7) is 0. The van der Waals surface area contributed by atoms with Crippen LogP contribution < -0.4 is 5.56 Å². The van der Waals surface area contributed by atoms with E-state index in [1.165, 1.54) is 12.5 Å². The average molecular weight is 271 g/mol. The smallest absolute Gasteiger partial charge is 0.282 e. The van der Waals surface area contributed by atoms with Gasteiger partial charge in [0.2, 0.25) is 4.77 Å². The molecule has 0 radical (unpaired) electrons. The number of hydrogen-bond donors (Lipinski definition) is 1. The molecule has 19 heavy (non-hydrogen) atoms. The van der Waals surface area contributed by atoms with Crippen LogP contribution >= 0.6 is 12.2 Å². The third-order valence-electron chi connectivity index (χ3n) is 2.63. The van der Waals surface area contributed by atoms with Crippen LogP contribution in [0.2, 0.25) is 0 Å². The van der Waals surface area contributed by atoms with Gasteiger partial charge in [-0.3, -0.25) is 4.79 Å². The van der Waals surface area contributed by atoms with Crippen LogP contribution in [0.25, 0.3) is 10.9 Å². The molecule has 1 N–H and O–H groups in total. The Labute approximate surface area is 112 Å². The second-order valence-corrected chi connectivity index (χ2v) is 4.24. The van der Waals surface area contributed by atoms with Crippen molar-refractivity contribution in [2.45, 2.75) is 0 Å². The van der Waals surface area contributed by atoms with E-state index in [1.807, 2.05) is 6.07 Å². The third-order valence-corrected chi connectivity index (χ3v) is 2.90. The summed E-state index contributed by atoms with van der Waals surface area (Å²) in [4.78, 5) is 15.2. The van der Waals surface area contributed by atoms with Crippen molar-refractivity contribution in [2.75, 3.05) is 0 Å². The Hall–Kier alpha value is -2.47. The first-order chi connectivity index (χ1) is 9.25. The van der Waals surface area contributed by atoms with Gasteiger partial charge in [0.25, 0.3) is 5.56 Å². The maximum absolute atomic E-state index is 12.2. The molecule has 0 saturated carbocycles. The van der Waals surface area contributed by atoms with Crippen LogP contribution in [0.1, 0.15) is 5.76 Å². The van der Waals surface area contributed by atoms with E-state index in [4.69, 9.17) is 16.6 Å². The first-order valence-electron chi connectivity index (χ1n) is 5.57. The van der Waals surface area contributed by atoms with Gasteiger partial charge in [-0.1, -0.05) is 12.1 Å². The Balaban J connectivity index is 2.19. The highest BCUT2D eigenvalue weighted by atomic mass is 32.1. The summed E-state index contributed by atoms with van der Waals surface area (Å²) in [5.41, 5.74) is 0.434. The Morgan fingerprint density at radius 1 is 1.26 bits per heavy atom. The van der Waals surface area contributed by atoms with Crippen LogP contribution in [-0.4, -0.2) is 15.9 Å². The highest BCUT2D eigenvalue weighted by molar-refractivity contribution is 7.71. The van der Waals surface area contributed by atoms with E-state index in [2.05, 4.69) is 10.1 Å². The van der Waals surface area contributed by atoms with Crippen molar-refractivity contribution in [1.82, 2.24) is 9.66 Å². The molecule has 94 valence electrons. The van der Waals surface area contributed by atoms with Gasteiger partial charge in [-0.05, 0) is 36.5 Å². The maximum atomic E-state index is 12.2. The van der Waals surface area contributed by atoms with E-state index in [0.29, 0.717) is 16.7 Å². The lowest BCUT2D eigenvalue weighted by Gasteiger charge is -2.01. The van der Waals surface area contributed by atoms with Crippen LogP contribution in [0.15, 0.2) is 57.0 Å². The monoisotopic (exact) mass is 271 g/mol. The fourth-order valence-electron chi connectivity index (χ4n) is 1.74. The van der Waals surface area contributed by atoms with E-state index in [-0.39, 0.29) is 10.3 Å². The zero-order valence-corrected chi connectivity index (χ0v) is 10.6. The van der Waals surface area contributed by atoms with Crippen LogP contribution in [0.4, 0.5) is 0 Å². The Kier molecular flexibility index (Phi) is 2.85. The fourth-order valence-corrected chi connectivity index (χ4v) is 1.98. The summed E-state index contributed by atoms with van der Waals surface area (Å²) in [5, 5.41) is 4.58. The SMILES string of the molecule is O=c1c2ccccc2[nH]c(=S)n1/N=C/c1ccco1. The molecule has 0 bridgehead atoms. The summed E-state index contributed by atoms with van der Waals surface area (Å²) in [6.07, 6.45) is 2.98. The van der Waals surface area contributed by atoms with E-state index in [1.54, 1.807) is 30.3 Å². The normalized spacial score (nSPS) is 11.4. The number of nitrogens with zero attached hydrogens (tertiary/aromatic N) is 2. The first-order valence-corrected chi connectivity index (χ1v) is 5.98. The number of furan rings is 1. The molecular formula is C13H9N3O2S. The van der Waals surface area contributed by atoms with Crippen molar-refractivity contribution in [3.05, 3.63) is 63.5 Å². The molecule has 3 rings (SSSR count). The van der Waals surface area contributed by atoms with E-state index in [9.17, 15) is 4.79 Å². The van der Waals surface area contributed by atoms with Gasteiger partial charge < -0.3 is 9.40 Å². The van der Waals surface area contributed by atoms with E-state index >= 15 is 0 Å². The lowest BCUT2D eigenvalue weighted by molar-refractivity contribution is 0.559. The number of aromatic amines is 1. The summed E-state index contributed by atoms with van der Waals surface area (Å²) in [7, 11) is 0. The number of nitrogens with one attached hydrogen (secondary N) is 1. The Morgan fingerprint density at radius 2 is 2.11 bits per heavy atom. The van der Waals surface area contributed by atoms with E-state index < -0.39 is 0 Å². The number of rotatable bonds is 2. The molecule has 0 aliphatic heterocycles. The van der Waals surface area contributed by atoms with Crippen molar-refractivity contribution >= 4 is 29.3 Å². The molecule has 0 amide bonds. The minimum Gasteiger partial charge on any atom is -0.463 e. The predicted octanol–water partition coefficient (Wildman–Crippen LogP) is 2.53. The summed E-state index contributed by atoms with van der Waals surface area (Å²) < 4.78 is 6.49. The number of H-pyrrole nitrogens is 1. The number of para-hydroxylation sites is 1. The lowest BCUT2D eigenvalue weighted by Crippen LogP contribution is -2.18. The van der Waals surface area contributed by atoms with Crippen LogP contribution in [0, 0.1) is 4.77 Å². The largest absolute Gasteiger partial charge is 0.463 e. The van der Waals surface area contributed by atoms with Gasteiger partial charge in [0.1, 0.15) is 5.76 Å². The zero-order valence-electron chi connectivity index (χ0n) is 9.74. The molecule has 0 unspecified atom stereocenters. The average Bonchev–Trinajstić information content (AvgIpc) is 2.92. The molecule has 2 heterocycles. The van der Waals surface area contributed by atoms with Crippen molar-refractivity contribution in [3.8, 4) is 0 Å². The van der Waals surface area contributed by atoms with Crippen molar-refractivity contribution in [2.24, 2.45) is 5.10 Å². The molecule has 0 saturated heterocycles. The fraction of sp³-hybridized carbons (Fsp3) is 0. The van der Waals surface area contributed by atoms with Gasteiger partial charge in [-0.2, -0.15) is 9.78 Å².